The minimum Gasteiger partial charge on any atom is -0.507 e. The molecule has 2 rings (SSSR count). The summed E-state index contributed by atoms with van der Waals surface area (Å²) < 4.78 is 4.83. The topological polar surface area (TPSA) is 75.6 Å². The van der Waals surface area contributed by atoms with Crippen molar-refractivity contribution in [2.45, 2.75) is 0 Å². The third-order valence-corrected chi connectivity index (χ3v) is 3.32. The number of hydrogen-bond donors (Lipinski definition) is 2. The second kappa shape index (κ2) is 7.15. The lowest BCUT2D eigenvalue weighted by atomic mass is 10.2. The lowest BCUT2D eigenvalue weighted by Gasteiger charge is -2.10. The molecular weight excluding hydrogens is 329 g/mol. The molecule has 114 valence electrons. The molecule has 0 fully saturated rings. The molecule has 5 nitrogen and oxygen atoms in total. The van der Waals surface area contributed by atoms with Crippen molar-refractivity contribution in [1.82, 2.24) is 0 Å². The Morgan fingerprint density at radius 3 is 2.32 bits per heavy atom. The van der Waals surface area contributed by atoms with Crippen molar-refractivity contribution in [2.24, 2.45) is 0 Å². The number of anilines is 1. The van der Waals surface area contributed by atoms with Gasteiger partial charge in [-0.15, -0.1) is 0 Å². The van der Waals surface area contributed by atoms with Crippen molar-refractivity contribution in [3.8, 4) is 5.75 Å². The van der Waals surface area contributed by atoms with Crippen LogP contribution in [0.25, 0.3) is 0 Å². The largest absolute Gasteiger partial charge is 0.507 e. The third kappa shape index (κ3) is 3.90. The summed E-state index contributed by atoms with van der Waals surface area (Å²) in [7, 11) is 0. The molecule has 0 aliphatic carbocycles. The summed E-state index contributed by atoms with van der Waals surface area (Å²) in [5, 5.41) is 12.5. The second-order valence-electron chi connectivity index (χ2n) is 4.24. The van der Waals surface area contributed by atoms with E-state index in [1.807, 2.05) is 0 Å². The fourth-order valence-electron chi connectivity index (χ4n) is 1.65. The molecule has 2 aromatic carbocycles. The first-order valence-electron chi connectivity index (χ1n) is 6.18. The number of phenolic OH excluding ortho intramolecular Hbond substituents is 1. The van der Waals surface area contributed by atoms with Gasteiger partial charge >= 0.3 is 5.97 Å². The number of ether oxygens (including phenoxy) is 1. The maximum absolute atomic E-state index is 11.8. The van der Waals surface area contributed by atoms with Gasteiger partial charge in [-0.1, -0.05) is 41.4 Å². The van der Waals surface area contributed by atoms with Crippen LogP contribution in [-0.2, 0) is 9.53 Å². The molecule has 2 aromatic rings. The van der Waals surface area contributed by atoms with E-state index >= 15 is 0 Å². The number of benzene rings is 2. The van der Waals surface area contributed by atoms with Crippen molar-refractivity contribution >= 4 is 40.8 Å². The highest BCUT2D eigenvalue weighted by Crippen LogP contribution is 2.29. The maximum Gasteiger partial charge on any atom is 0.342 e. The van der Waals surface area contributed by atoms with E-state index in [1.54, 1.807) is 30.3 Å². The van der Waals surface area contributed by atoms with Crippen LogP contribution in [0.5, 0.6) is 5.75 Å². The van der Waals surface area contributed by atoms with Crippen molar-refractivity contribution in [1.29, 1.82) is 0 Å². The van der Waals surface area contributed by atoms with Crippen LogP contribution >= 0.6 is 23.2 Å². The predicted octanol–water partition coefficient (Wildman–Crippen LogP) is 3.49. The van der Waals surface area contributed by atoms with Crippen molar-refractivity contribution in [3.05, 3.63) is 58.1 Å². The predicted molar refractivity (Wildman–Crippen MR) is 83.5 cm³/mol. The Bertz CT molecular complexity index is 698. The summed E-state index contributed by atoms with van der Waals surface area (Å²) in [5.74, 6) is -1.63. The molecule has 7 heteroatoms. The zero-order valence-electron chi connectivity index (χ0n) is 11.2. The van der Waals surface area contributed by atoms with Crippen LogP contribution in [0.3, 0.4) is 0 Å². The molecule has 0 bridgehead atoms. The first-order valence-corrected chi connectivity index (χ1v) is 6.93. The number of amides is 1. The van der Waals surface area contributed by atoms with Gasteiger partial charge in [-0.2, -0.15) is 0 Å². The monoisotopic (exact) mass is 339 g/mol. The van der Waals surface area contributed by atoms with E-state index < -0.39 is 18.5 Å². The molecular formula is C15H11Cl2NO4. The van der Waals surface area contributed by atoms with Gasteiger partial charge in [0.1, 0.15) is 11.3 Å². The number of para-hydroxylation sites is 2. The van der Waals surface area contributed by atoms with Crippen LogP contribution in [0, 0.1) is 0 Å². The van der Waals surface area contributed by atoms with Crippen LogP contribution in [-0.4, -0.2) is 23.6 Å². The van der Waals surface area contributed by atoms with Crippen molar-refractivity contribution < 1.29 is 19.4 Å². The minimum atomic E-state index is -0.807. The van der Waals surface area contributed by atoms with E-state index in [0.717, 1.165) is 0 Å². The maximum atomic E-state index is 11.8. The molecule has 0 saturated carbocycles. The summed E-state index contributed by atoms with van der Waals surface area (Å²) in [6.45, 7) is -0.533. The van der Waals surface area contributed by atoms with Gasteiger partial charge in [0.25, 0.3) is 5.91 Å². The Hall–Kier alpha value is -2.24. The number of esters is 1. The smallest absolute Gasteiger partial charge is 0.342 e. The molecule has 0 unspecified atom stereocenters. The summed E-state index contributed by atoms with van der Waals surface area (Å²) in [6, 6.07) is 10.6. The van der Waals surface area contributed by atoms with Crippen LogP contribution in [0.1, 0.15) is 10.4 Å². The van der Waals surface area contributed by atoms with Crippen LogP contribution in [0.4, 0.5) is 5.69 Å². The van der Waals surface area contributed by atoms with Gasteiger partial charge in [0.2, 0.25) is 0 Å². The molecule has 0 atom stereocenters. The Morgan fingerprint density at radius 2 is 1.68 bits per heavy atom. The van der Waals surface area contributed by atoms with E-state index in [9.17, 15) is 14.7 Å². The highest BCUT2D eigenvalue weighted by Gasteiger charge is 2.15. The first kappa shape index (κ1) is 16.1. The number of aromatic hydroxyl groups is 1. The average Bonchev–Trinajstić information content (AvgIpc) is 2.49. The molecule has 0 aliphatic heterocycles. The Kier molecular flexibility index (Phi) is 5.25. The Morgan fingerprint density at radius 1 is 1.05 bits per heavy atom. The van der Waals surface area contributed by atoms with Crippen LogP contribution in [0.15, 0.2) is 42.5 Å². The third-order valence-electron chi connectivity index (χ3n) is 2.69. The molecule has 0 aliphatic rings. The van der Waals surface area contributed by atoms with Gasteiger partial charge in [0.05, 0.1) is 15.7 Å². The van der Waals surface area contributed by atoms with Gasteiger partial charge in [-0.25, -0.2) is 4.79 Å². The highest BCUT2D eigenvalue weighted by atomic mass is 35.5. The Balaban J connectivity index is 1.96. The standard InChI is InChI=1S/C15H11Cl2NO4/c16-10-5-3-6-11(17)14(10)18-13(20)8-22-15(21)9-4-1-2-7-12(9)19/h1-7,19H,8H2,(H,18,20). The number of phenols is 1. The molecule has 0 radical (unpaired) electrons. The molecule has 0 heterocycles. The average molecular weight is 340 g/mol. The molecule has 1 amide bonds. The van der Waals surface area contributed by atoms with Gasteiger partial charge in [0.15, 0.2) is 6.61 Å². The zero-order chi connectivity index (χ0) is 16.1. The van der Waals surface area contributed by atoms with E-state index in [0.29, 0.717) is 0 Å². The van der Waals surface area contributed by atoms with E-state index in [-0.39, 0.29) is 27.0 Å². The van der Waals surface area contributed by atoms with Gasteiger partial charge in [0, 0.05) is 0 Å². The van der Waals surface area contributed by atoms with E-state index in [4.69, 9.17) is 27.9 Å². The zero-order valence-corrected chi connectivity index (χ0v) is 12.7. The quantitative estimate of drug-likeness (QED) is 0.836. The number of carbonyl (C=O) groups excluding carboxylic acids is 2. The van der Waals surface area contributed by atoms with E-state index in [2.05, 4.69) is 5.32 Å². The van der Waals surface area contributed by atoms with Gasteiger partial charge < -0.3 is 15.2 Å². The van der Waals surface area contributed by atoms with Crippen molar-refractivity contribution in [3.63, 3.8) is 0 Å². The lowest BCUT2D eigenvalue weighted by Crippen LogP contribution is -2.21. The molecule has 22 heavy (non-hydrogen) atoms. The molecule has 0 aromatic heterocycles. The lowest BCUT2D eigenvalue weighted by molar-refractivity contribution is -0.119. The summed E-state index contributed by atoms with van der Waals surface area (Å²) in [4.78, 5) is 23.5. The van der Waals surface area contributed by atoms with Crippen molar-refractivity contribution in [2.75, 3.05) is 11.9 Å². The van der Waals surface area contributed by atoms with Gasteiger partial charge in [-0.05, 0) is 24.3 Å². The highest BCUT2D eigenvalue weighted by molar-refractivity contribution is 6.39. The van der Waals surface area contributed by atoms with Crippen LogP contribution < -0.4 is 5.32 Å². The fraction of sp³-hybridized carbons (Fsp3) is 0.0667. The van der Waals surface area contributed by atoms with Crippen LogP contribution in [0.2, 0.25) is 10.0 Å². The van der Waals surface area contributed by atoms with E-state index in [1.165, 1.54) is 12.1 Å². The number of carbonyl (C=O) groups is 2. The molecule has 0 saturated heterocycles. The first-order chi connectivity index (χ1) is 10.5. The number of rotatable bonds is 4. The number of halogens is 2. The SMILES string of the molecule is O=C(COC(=O)c1ccccc1O)Nc1c(Cl)cccc1Cl. The number of hydrogen-bond acceptors (Lipinski definition) is 4. The fourth-order valence-corrected chi connectivity index (χ4v) is 2.14. The minimum absolute atomic E-state index is 0.0222. The van der Waals surface area contributed by atoms with Gasteiger partial charge in [-0.3, -0.25) is 4.79 Å². The number of nitrogens with one attached hydrogen (secondary N) is 1. The summed E-state index contributed by atoms with van der Waals surface area (Å²) in [6.07, 6.45) is 0. The summed E-state index contributed by atoms with van der Waals surface area (Å²) >= 11 is 11.8. The molecule has 2 N–H and O–H groups in total. The summed E-state index contributed by atoms with van der Waals surface area (Å²) in [5.41, 5.74) is 0.223. The normalized spacial score (nSPS) is 10.1. The second-order valence-corrected chi connectivity index (χ2v) is 5.05. The molecule has 0 spiro atoms. The Labute approximate surface area is 136 Å².